The third-order valence-electron chi connectivity index (χ3n) is 4.73. The lowest BCUT2D eigenvalue weighted by atomic mass is 9.77. The van der Waals surface area contributed by atoms with Crippen molar-refractivity contribution >= 4 is 5.71 Å². The maximum absolute atomic E-state index is 5.30. The number of hydrogen-bond donors (Lipinski definition) is 0. The van der Waals surface area contributed by atoms with E-state index in [0.29, 0.717) is 0 Å². The number of rotatable bonds is 3. The largest absolute Gasteiger partial charge is 0.342 e. The van der Waals surface area contributed by atoms with Crippen molar-refractivity contribution in [2.24, 2.45) is 4.99 Å². The van der Waals surface area contributed by atoms with Crippen molar-refractivity contribution in [1.29, 1.82) is 0 Å². The van der Waals surface area contributed by atoms with Crippen molar-refractivity contribution < 1.29 is 0 Å². The zero-order valence-corrected chi connectivity index (χ0v) is 13.7. The summed E-state index contributed by atoms with van der Waals surface area (Å²) in [5.74, 6) is 0. The monoisotopic (exact) mass is 274 g/mol. The molecule has 0 N–H and O–H groups in total. The standard InChI is InChI=1S/C18H30N2/c1-5-12-15-16(6-2)20(8-4)17(7-3)18(19-15)13-10-9-11-14-18/h6-7H,5,8-14H2,1-4H3/b16-6+,17-7?. The van der Waals surface area contributed by atoms with E-state index in [0.717, 1.165) is 13.0 Å². The van der Waals surface area contributed by atoms with Crippen molar-refractivity contribution in [1.82, 2.24) is 4.90 Å². The normalized spacial score (nSPS) is 26.4. The van der Waals surface area contributed by atoms with Crippen LogP contribution < -0.4 is 0 Å². The Balaban J connectivity index is 2.51. The van der Waals surface area contributed by atoms with Gasteiger partial charge in [0, 0.05) is 12.2 Å². The van der Waals surface area contributed by atoms with Crippen LogP contribution in [0.3, 0.4) is 0 Å². The second-order valence-corrected chi connectivity index (χ2v) is 5.99. The van der Waals surface area contributed by atoms with E-state index in [-0.39, 0.29) is 5.54 Å². The minimum Gasteiger partial charge on any atom is -0.342 e. The second kappa shape index (κ2) is 6.60. The van der Waals surface area contributed by atoms with Crippen LogP contribution in [-0.4, -0.2) is 22.7 Å². The van der Waals surface area contributed by atoms with Crippen LogP contribution in [0.1, 0.15) is 72.6 Å². The van der Waals surface area contributed by atoms with Gasteiger partial charge in [0.1, 0.15) is 5.54 Å². The van der Waals surface area contributed by atoms with Crippen molar-refractivity contribution in [2.75, 3.05) is 6.54 Å². The van der Waals surface area contributed by atoms with Crippen LogP contribution in [-0.2, 0) is 0 Å². The average Bonchev–Trinajstić information content (AvgIpc) is 2.47. The highest BCUT2D eigenvalue weighted by molar-refractivity contribution is 6.01. The fourth-order valence-electron chi connectivity index (χ4n) is 3.92. The van der Waals surface area contributed by atoms with Gasteiger partial charge in [0.15, 0.2) is 0 Å². The molecule has 0 radical (unpaired) electrons. The Hall–Kier alpha value is -1.05. The summed E-state index contributed by atoms with van der Waals surface area (Å²) >= 11 is 0. The van der Waals surface area contributed by atoms with Crippen LogP contribution in [0.2, 0.25) is 0 Å². The Kier molecular flexibility index (Phi) is 5.06. The van der Waals surface area contributed by atoms with Gasteiger partial charge in [-0.1, -0.05) is 44.8 Å². The van der Waals surface area contributed by atoms with Crippen LogP contribution >= 0.6 is 0 Å². The molecule has 2 heteroatoms. The fraction of sp³-hybridized carbons (Fsp3) is 0.722. The Morgan fingerprint density at radius 3 is 2.30 bits per heavy atom. The van der Waals surface area contributed by atoms with E-state index in [9.17, 15) is 0 Å². The van der Waals surface area contributed by atoms with Crippen molar-refractivity contribution in [3.63, 3.8) is 0 Å². The molecule has 1 heterocycles. The smallest absolute Gasteiger partial charge is 0.101 e. The average molecular weight is 274 g/mol. The van der Waals surface area contributed by atoms with Gasteiger partial charge in [-0.25, -0.2) is 0 Å². The fourth-order valence-corrected chi connectivity index (χ4v) is 3.92. The predicted octanol–water partition coefficient (Wildman–Crippen LogP) is 5.07. The van der Waals surface area contributed by atoms with E-state index in [1.54, 1.807) is 0 Å². The summed E-state index contributed by atoms with van der Waals surface area (Å²) in [5, 5.41) is 0. The first kappa shape index (κ1) is 15.3. The first-order valence-corrected chi connectivity index (χ1v) is 8.42. The van der Waals surface area contributed by atoms with Gasteiger partial charge in [-0.05, 0) is 40.0 Å². The van der Waals surface area contributed by atoms with Gasteiger partial charge < -0.3 is 4.90 Å². The van der Waals surface area contributed by atoms with E-state index < -0.39 is 0 Å². The Labute approximate surface area is 124 Å². The quantitative estimate of drug-likeness (QED) is 0.701. The molecule has 0 unspecified atom stereocenters. The molecule has 1 fully saturated rings. The van der Waals surface area contributed by atoms with Crippen molar-refractivity contribution in [3.8, 4) is 0 Å². The SMILES string of the molecule is CC=C1N(CC)/C(=C/C)C(CCC)=NC12CCCCC2. The summed E-state index contributed by atoms with van der Waals surface area (Å²) in [6.07, 6.45) is 13.3. The highest BCUT2D eigenvalue weighted by Gasteiger charge is 2.42. The van der Waals surface area contributed by atoms with E-state index in [1.165, 1.54) is 55.6 Å². The minimum absolute atomic E-state index is 0.0834. The van der Waals surface area contributed by atoms with Crippen LogP contribution in [0.15, 0.2) is 28.5 Å². The van der Waals surface area contributed by atoms with Crippen LogP contribution in [0.25, 0.3) is 0 Å². The van der Waals surface area contributed by atoms with Gasteiger partial charge in [0.05, 0.1) is 11.4 Å². The summed E-state index contributed by atoms with van der Waals surface area (Å²) in [7, 11) is 0. The summed E-state index contributed by atoms with van der Waals surface area (Å²) in [6.45, 7) is 9.89. The number of aliphatic imine (C=N–C) groups is 1. The molecule has 1 aliphatic heterocycles. The second-order valence-electron chi connectivity index (χ2n) is 5.99. The van der Waals surface area contributed by atoms with E-state index in [2.05, 4.69) is 44.7 Å². The molecule has 0 atom stereocenters. The number of hydrogen-bond acceptors (Lipinski definition) is 2. The van der Waals surface area contributed by atoms with Gasteiger partial charge in [-0.15, -0.1) is 0 Å². The summed E-state index contributed by atoms with van der Waals surface area (Å²) in [6, 6.07) is 0. The molecule has 0 bridgehead atoms. The molecule has 2 aliphatic rings. The molecular weight excluding hydrogens is 244 g/mol. The lowest BCUT2D eigenvalue weighted by Gasteiger charge is -2.47. The number of allylic oxidation sites excluding steroid dienone is 3. The third-order valence-corrected chi connectivity index (χ3v) is 4.73. The molecular formula is C18H30N2. The molecule has 0 aromatic heterocycles. The molecule has 0 aromatic rings. The summed E-state index contributed by atoms with van der Waals surface area (Å²) in [5.41, 5.74) is 4.22. The molecule has 0 aromatic carbocycles. The lowest BCUT2D eigenvalue weighted by Crippen LogP contribution is -2.46. The van der Waals surface area contributed by atoms with Crippen LogP contribution in [0.5, 0.6) is 0 Å². The van der Waals surface area contributed by atoms with Crippen molar-refractivity contribution in [3.05, 3.63) is 23.5 Å². The highest BCUT2D eigenvalue weighted by Crippen LogP contribution is 2.44. The molecule has 1 saturated carbocycles. The first-order valence-electron chi connectivity index (χ1n) is 8.42. The molecule has 1 spiro atoms. The molecule has 1 aliphatic carbocycles. The van der Waals surface area contributed by atoms with E-state index in [1.807, 2.05) is 0 Å². The van der Waals surface area contributed by atoms with Gasteiger partial charge in [0.2, 0.25) is 0 Å². The van der Waals surface area contributed by atoms with Crippen molar-refractivity contribution in [2.45, 2.75) is 78.2 Å². The molecule has 2 rings (SSSR count). The predicted molar refractivity (Wildman–Crippen MR) is 88.1 cm³/mol. The van der Waals surface area contributed by atoms with E-state index >= 15 is 0 Å². The van der Waals surface area contributed by atoms with Gasteiger partial charge in [-0.3, -0.25) is 4.99 Å². The van der Waals surface area contributed by atoms with Gasteiger partial charge in [0.25, 0.3) is 0 Å². The zero-order valence-electron chi connectivity index (χ0n) is 13.7. The number of likely N-dealkylation sites (N-methyl/N-ethyl adjacent to an activating group) is 1. The Morgan fingerprint density at radius 1 is 1.10 bits per heavy atom. The Bertz CT molecular complexity index is 423. The van der Waals surface area contributed by atoms with E-state index in [4.69, 9.17) is 4.99 Å². The van der Waals surface area contributed by atoms with Crippen LogP contribution in [0, 0.1) is 0 Å². The third kappa shape index (κ3) is 2.57. The molecule has 2 nitrogen and oxygen atoms in total. The maximum Gasteiger partial charge on any atom is 0.101 e. The number of nitrogens with zero attached hydrogens (tertiary/aromatic N) is 2. The van der Waals surface area contributed by atoms with Gasteiger partial charge in [-0.2, -0.15) is 0 Å². The highest BCUT2D eigenvalue weighted by atomic mass is 15.2. The summed E-state index contributed by atoms with van der Waals surface area (Å²) < 4.78 is 0. The van der Waals surface area contributed by atoms with Crippen LogP contribution in [0.4, 0.5) is 0 Å². The minimum atomic E-state index is 0.0834. The topological polar surface area (TPSA) is 15.6 Å². The summed E-state index contributed by atoms with van der Waals surface area (Å²) in [4.78, 5) is 7.82. The molecule has 112 valence electrons. The lowest BCUT2D eigenvalue weighted by molar-refractivity contribution is 0.265. The molecule has 0 saturated heterocycles. The Morgan fingerprint density at radius 2 is 1.80 bits per heavy atom. The first-order chi connectivity index (χ1) is 9.72. The molecule has 20 heavy (non-hydrogen) atoms. The molecule has 0 amide bonds. The maximum atomic E-state index is 5.30. The van der Waals surface area contributed by atoms with Gasteiger partial charge >= 0.3 is 0 Å². The zero-order chi connectivity index (χ0) is 14.6.